The van der Waals surface area contributed by atoms with Gasteiger partial charge in [0, 0.05) is 19.5 Å². The van der Waals surface area contributed by atoms with Crippen molar-refractivity contribution in [3.05, 3.63) is 59.7 Å². The highest BCUT2D eigenvalue weighted by Crippen LogP contribution is 2.26. The van der Waals surface area contributed by atoms with E-state index in [0.717, 1.165) is 12.3 Å². The fourth-order valence-electron chi connectivity index (χ4n) is 3.07. The number of ether oxygens (including phenoxy) is 1. The fourth-order valence-corrected chi connectivity index (χ4v) is 3.07. The van der Waals surface area contributed by atoms with Crippen LogP contribution in [0.25, 0.3) is 11.4 Å². The summed E-state index contributed by atoms with van der Waals surface area (Å²) in [5, 5.41) is 15.9. The number of carbonyl (C=O) groups excluding carboxylic acids is 2. The molecule has 3 aromatic rings. The first kappa shape index (κ1) is 23.4. The molecule has 4 heterocycles. The molecule has 1 aliphatic heterocycles. The fraction of sp³-hybridized carbons (Fsp3) is 0.190. The molecule has 14 heteroatoms. The Balaban J connectivity index is 1.45. The van der Waals surface area contributed by atoms with E-state index < -0.39 is 24.0 Å². The molecule has 3 N–H and O–H groups in total. The summed E-state index contributed by atoms with van der Waals surface area (Å²) < 4.78 is 33.7. The molecule has 0 bridgehead atoms. The number of nitrogens with zero attached hydrogens (tertiary/aromatic N) is 6. The van der Waals surface area contributed by atoms with Gasteiger partial charge in [0.25, 0.3) is 5.91 Å². The average Bonchev–Trinajstić information content (AvgIpc) is 3.21. The second-order valence-corrected chi connectivity index (χ2v) is 7.28. The van der Waals surface area contributed by atoms with E-state index in [1.165, 1.54) is 31.1 Å². The van der Waals surface area contributed by atoms with Gasteiger partial charge in [-0.3, -0.25) is 20.1 Å². The number of hydrogen-bond acceptors (Lipinski definition) is 9. The summed E-state index contributed by atoms with van der Waals surface area (Å²) in [6.07, 6.45) is 3.09. The topological polar surface area (TPSA) is 148 Å². The van der Waals surface area contributed by atoms with Crippen molar-refractivity contribution in [3.8, 4) is 11.4 Å². The molecular weight excluding hydrogens is 464 g/mol. The summed E-state index contributed by atoms with van der Waals surface area (Å²) in [6.45, 7) is 1.79. The van der Waals surface area contributed by atoms with Gasteiger partial charge in [0.2, 0.25) is 5.95 Å². The normalized spacial score (nSPS) is 13.4. The van der Waals surface area contributed by atoms with Crippen molar-refractivity contribution in [1.29, 1.82) is 0 Å². The van der Waals surface area contributed by atoms with Crippen LogP contribution in [0, 0.1) is 11.8 Å². The van der Waals surface area contributed by atoms with Gasteiger partial charge in [-0.2, -0.15) is 4.39 Å². The monoisotopic (exact) mass is 483 g/mol. The minimum absolute atomic E-state index is 0.152. The first-order valence-electron chi connectivity index (χ1n) is 10.2. The quantitative estimate of drug-likeness (QED) is 0.453. The Morgan fingerprint density at radius 3 is 2.74 bits per heavy atom. The van der Waals surface area contributed by atoms with Crippen LogP contribution in [0.5, 0.6) is 0 Å². The predicted octanol–water partition coefficient (Wildman–Crippen LogP) is 2.31. The number of aromatic nitrogens is 5. The summed E-state index contributed by atoms with van der Waals surface area (Å²) >= 11 is 0. The minimum atomic E-state index is -1.12. The summed E-state index contributed by atoms with van der Waals surface area (Å²) in [4.78, 5) is 36.2. The van der Waals surface area contributed by atoms with Gasteiger partial charge in [0.15, 0.2) is 11.5 Å². The number of halogens is 2. The molecule has 180 valence electrons. The third-order valence-electron chi connectivity index (χ3n) is 4.80. The van der Waals surface area contributed by atoms with Crippen LogP contribution >= 0.6 is 0 Å². The molecular formula is C21H19F2N9O3. The van der Waals surface area contributed by atoms with Crippen molar-refractivity contribution >= 4 is 29.7 Å². The number of rotatable bonds is 6. The summed E-state index contributed by atoms with van der Waals surface area (Å²) in [5.74, 6) is -1.92. The number of nitrogens with one attached hydrogen (secondary N) is 3. The number of anilines is 2. The molecule has 0 unspecified atom stereocenters. The molecule has 1 atom stereocenters. The molecule has 1 aliphatic rings. The molecule has 0 radical (unpaired) electrons. The molecule has 12 nitrogen and oxygen atoms in total. The van der Waals surface area contributed by atoms with E-state index >= 15 is 0 Å². The van der Waals surface area contributed by atoms with E-state index in [4.69, 9.17) is 4.74 Å². The second-order valence-electron chi connectivity index (χ2n) is 7.28. The molecule has 35 heavy (non-hydrogen) atoms. The summed E-state index contributed by atoms with van der Waals surface area (Å²) in [5.41, 5.74) is 1.15. The van der Waals surface area contributed by atoms with Crippen LogP contribution in [0.2, 0.25) is 0 Å². The van der Waals surface area contributed by atoms with Crippen LogP contribution in [0.3, 0.4) is 0 Å². The maximum absolute atomic E-state index is 13.9. The van der Waals surface area contributed by atoms with Gasteiger partial charge in [0.1, 0.15) is 18.6 Å². The zero-order chi connectivity index (χ0) is 24.9. The Bertz CT molecular complexity index is 1320. The Morgan fingerprint density at radius 1 is 1.20 bits per heavy atom. The highest BCUT2D eigenvalue weighted by Gasteiger charge is 2.21. The van der Waals surface area contributed by atoms with Gasteiger partial charge in [0.05, 0.1) is 34.9 Å². The van der Waals surface area contributed by atoms with Crippen LogP contribution in [0.15, 0.2) is 47.4 Å². The molecule has 0 saturated heterocycles. The number of aliphatic imine (C=N–C) groups is 1. The van der Waals surface area contributed by atoms with E-state index in [0.29, 0.717) is 23.6 Å². The lowest BCUT2D eigenvalue weighted by molar-refractivity contribution is -0.112. The lowest BCUT2D eigenvalue weighted by Gasteiger charge is -2.15. The SMILES string of the molecule is C[C@@H](OC(=O)Nc1c(-c2ccc(NC(=O)C3=CNCN=C3)cn2)nnn1C)c1cc(F)cnc1F. The Hall–Kier alpha value is -4.75. The zero-order valence-electron chi connectivity index (χ0n) is 18.5. The van der Waals surface area contributed by atoms with Gasteiger partial charge in [-0.15, -0.1) is 5.10 Å². The standard InChI is InChI=1S/C21H19F2N9O3/c1-11(15-5-13(22)8-27-18(15)23)35-21(34)29-19-17(30-31-32(19)2)16-4-3-14(9-26-16)28-20(33)12-6-24-10-25-7-12/h3-9,11,24H,10H2,1-2H3,(H,28,33)(H,29,34)/t11-/m1/s1. The van der Waals surface area contributed by atoms with Crippen LogP contribution in [0.4, 0.5) is 25.1 Å². The molecule has 0 aliphatic carbocycles. The first-order valence-corrected chi connectivity index (χ1v) is 10.2. The van der Waals surface area contributed by atoms with Crippen molar-refractivity contribution in [2.75, 3.05) is 17.3 Å². The highest BCUT2D eigenvalue weighted by molar-refractivity contribution is 6.17. The second kappa shape index (κ2) is 10.0. The van der Waals surface area contributed by atoms with Gasteiger partial charge in [-0.1, -0.05) is 5.21 Å². The van der Waals surface area contributed by atoms with E-state index in [1.54, 1.807) is 18.3 Å². The first-order chi connectivity index (χ1) is 16.8. The Morgan fingerprint density at radius 2 is 2.03 bits per heavy atom. The Labute approximate surface area is 197 Å². The minimum Gasteiger partial charge on any atom is -0.441 e. The zero-order valence-corrected chi connectivity index (χ0v) is 18.5. The number of carbonyl (C=O) groups is 2. The molecule has 3 aromatic heterocycles. The molecule has 0 saturated carbocycles. The van der Waals surface area contributed by atoms with Crippen LogP contribution in [0.1, 0.15) is 18.6 Å². The molecule has 0 aromatic carbocycles. The van der Waals surface area contributed by atoms with Crippen LogP contribution in [-0.4, -0.2) is 49.8 Å². The molecule has 4 rings (SSSR count). The Kier molecular flexibility index (Phi) is 6.71. The van der Waals surface area contributed by atoms with Gasteiger partial charge in [-0.05, 0) is 25.1 Å². The lowest BCUT2D eigenvalue weighted by Crippen LogP contribution is -2.21. The van der Waals surface area contributed by atoms with Gasteiger partial charge in [-0.25, -0.2) is 18.9 Å². The van der Waals surface area contributed by atoms with Gasteiger partial charge < -0.3 is 15.4 Å². The van der Waals surface area contributed by atoms with E-state index in [9.17, 15) is 18.4 Å². The maximum atomic E-state index is 13.9. The molecule has 0 fully saturated rings. The van der Waals surface area contributed by atoms with Crippen molar-refractivity contribution in [2.24, 2.45) is 12.0 Å². The van der Waals surface area contributed by atoms with E-state index in [2.05, 4.69) is 41.2 Å². The van der Waals surface area contributed by atoms with E-state index in [-0.39, 0.29) is 23.0 Å². The molecule has 0 spiro atoms. The third-order valence-corrected chi connectivity index (χ3v) is 4.80. The average molecular weight is 483 g/mol. The largest absolute Gasteiger partial charge is 0.441 e. The molecule has 2 amide bonds. The highest BCUT2D eigenvalue weighted by atomic mass is 19.1. The smallest absolute Gasteiger partial charge is 0.413 e. The number of pyridine rings is 2. The van der Waals surface area contributed by atoms with Crippen LogP contribution < -0.4 is 16.0 Å². The summed E-state index contributed by atoms with van der Waals surface area (Å²) in [7, 11) is 1.54. The van der Waals surface area contributed by atoms with Crippen molar-refractivity contribution < 1.29 is 23.1 Å². The number of amides is 2. The van der Waals surface area contributed by atoms with Crippen LogP contribution in [-0.2, 0) is 16.6 Å². The number of hydrogen-bond donors (Lipinski definition) is 3. The van der Waals surface area contributed by atoms with E-state index in [1.807, 2.05) is 0 Å². The third kappa shape index (κ3) is 5.43. The van der Waals surface area contributed by atoms with Crippen molar-refractivity contribution in [1.82, 2.24) is 30.3 Å². The summed E-state index contributed by atoms with van der Waals surface area (Å²) in [6, 6.07) is 4.08. The predicted molar refractivity (Wildman–Crippen MR) is 120 cm³/mol. The van der Waals surface area contributed by atoms with Crippen molar-refractivity contribution in [3.63, 3.8) is 0 Å². The van der Waals surface area contributed by atoms with Gasteiger partial charge >= 0.3 is 6.09 Å². The lowest BCUT2D eigenvalue weighted by atomic mass is 10.2. The number of aryl methyl sites for hydroxylation is 1. The van der Waals surface area contributed by atoms with Crippen molar-refractivity contribution in [2.45, 2.75) is 13.0 Å². The maximum Gasteiger partial charge on any atom is 0.413 e.